The second kappa shape index (κ2) is 7.36. The van der Waals surface area contributed by atoms with Crippen LogP contribution < -0.4 is 16.4 Å². The van der Waals surface area contributed by atoms with Crippen LogP contribution in [0.5, 0.6) is 0 Å². The van der Waals surface area contributed by atoms with Gasteiger partial charge in [0.25, 0.3) is 0 Å². The van der Waals surface area contributed by atoms with Crippen molar-refractivity contribution in [2.45, 2.75) is 33.1 Å². The van der Waals surface area contributed by atoms with E-state index in [-0.39, 0.29) is 23.7 Å². The van der Waals surface area contributed by atoms with E-state index in [0.717, 1.165) is 19.3 Å². The molecule has 1 aliphatic carbocycles. The van der Waals surface area contributed by atoms with E-state index in [9.17, 15) is 9.59 Å². The van der Waals surface area contributed by atoms with Gasteiger partial charge in [-0.2, -0.15) is 0 Å². The molecule has 0 aromatic carbocycles. The first-order valence-corrected chi connectivity index (χ1v) is 6.81. The fraction of sp³-hybridized carbons (Fsp3) is 0.846. The number of hydrogen-bond acceptors (Lipinski definition) is 3. The zero-order chi connectivity index (χ0) is 13.5. The SMILES string of the molecule is CC(C)C(=O)NCCNC(=O)[C@@H]1CCC[C@@H]1CN. The van der Waals surface area contributed by atoms with E-state index in [2.05, 4.69) is 10.6 Å². The van der Waals surface area contributed by atoms with Gasteiger partial charge in [0.15, 0.2) is 0 Å². The molecule has 0 aromatic heterocycles. The van der Waals surface area contributed by atoms with E-state index in [1.807, 2.05) is 13.8 Å². The van der Waals surface area contributed by atoms with Gasteiger partial charge in [0, 0.05) is 24.9 Å². The van der Waals surface area contributed by atoms with E-state index in [1.54, 1.807) is 0 Å². The summed E-state index contributed by atoms with van der Waals surface area (Å²) in [6, 6.07) is 0. The molecule has 0 saturated heterocycles. The fourth-order valence-corrected chi connectivity index (χ4v) is 2.37. The Balaban J connectivity index is 2.19. The number of nitrogens with one attached hydrogen (secondary N) is 2. The average Bonchev–Trinajstić information content (AvgIpc) is 2.82. The van der Waals surface area contributed by atoms with Crippen LogP contribution in [-0.2, 0) is 9.59 Å². The van der Waals surface area contributed by atoms with Gasteiger partial charge < -0.3 is 16.4 Å². The maximum atomic E-state index is 11.9. The first-order valence-electron chi connectivity index (χ1n) is 6.81. The highest BCUT2D eigenvalue weighted by atomic mass is 16.2. The van der Waals surface area contributed by atoms with Crippen LogP contribution in [0.1, 0.15) is 33.1 Å². The molecule has 5 nitrogen and oxygen atoms in total. The second-order valence-electron chi connectivity index (χ2n) is 5.27. The molecular formula is C13H25N3O2. The van der Waals surface area contributed by atoms with Crippen molar-refractivity contribution < 1.29 is 9.59 Å². The first-order chi connectivity index (χ1) is 8.56. The van der Waals surface area contributed by atoms with E-state index in [1.165, 1.54) is 0 Å². The van der Waals surface area contributed by atoms with Gasteiger partial charge in [0.2, 0.25) is 11.8 Å². The lowest BCUT2D eigenvalue weighted by atomic mass is 9.95. The van der Waals surface area contributed by atoms with Crippen LogP contribution in [0.15, 0.2) is 0 Å². The standard InChI is InChI=1S/C13H25N3O2/c1-9(2)12(17)15-6-7-16-13(18)11-5-3-4-10(11)8-14/h9-11H,3-8,14H2,1-2H3,(H,15,17)(H,16,18)/t10-,11-/m1/s1. The van der Waals surface area contributed by atoms with Gasteiger partial charge in [-0.05, 0) is 25.3 Å². The summed E-state index contributed by atoms with van der Waals surface area (Å²) in [7, 11) is 0. The van der Waals surface area contributed by atoms with Gasteiger partial charge in [0.05, 0.1) is 0 Å². The Morgan fingerprint density at radius 2 is 1.89 bits per heavy atom. The molecule has 1 aliphatic rings. The van der Waals surface area contributed by atoms with Gasteiger partial charge in [0.1, 0.15) is 0 Å². The molecule has 1 saturated carbocycles. The van der Waals surface area contributed by atoms with Crippen molar-refractivity contribution in [1.29, 1.82) is 0 Å². The summed E-state index contributed by atoms with van der Waals surface area (Å²) < 4.78 is 0. The minimum atomic E-state index is -0.0165. The Hall–Kier alpha value is -1.10. The van der Waals surface area contributed by atoms with Crippen LogP contribution in [-0.4, -0.2) is 31.4 Å². The Morgan fingerprint density at radius 1 is 1.22 bits per heavy atom. The minimum absolute atomic E-state index is 0.0165. The zero-order valence-electron chi connectivity index (χ0n) is 11.4. The summed E-state index contributed by atoms with van der Waals surface area (Å²) in [5, 5.41) is 5.65. The number of nitrogens with two attached hydrogens (primary N) is 1. The van der Waals surface area contributed by atoms with Crippen molar-refractivity contribution in [3.05, 3.63) is 0 Å². The van der Waals surface area contributed by atoms with E-state index in [0.29, 0.717) is 25.6 Å². The Morgan fingerprint density at radius 3 is 2.50 bits per heavy atom. The van der Waals surface area contributed by atoms with Gasteiger partial charge in [-0.1, -0.05) is 20.3 Å². The van der Waals surface area contributed by atoms with Crippen LogP contribution >= 0.6 is 0 Å². The summed E-state index contributed by atoms with van der Waals surface area (Å²) in [6.45, 7) is 5.26. The Bertz CT molecular complexity index is 292. The Labute approximate surface area is 109 Å². The molecule has 0 bridgehead atoms. The lowest BCUT2D eigenvalue weighted by Gasteiger charge is -2.17. The van der Waals surface area contributed by atoms with Crippen LogP contribution in [0.25, 0.3) is 0 Å². The molecule has 5 heteroatoms. The molecule has 0 aliphatic heterocycles. The number of amides is 2. The molecule has 0 unspecified atom stereocenters. The van der Waals surface area contributed by atoms with Crippen molar-refractivity contribution in [3.8, 4) is 0 Å². The molecule has 18 heavy (non-hydrogen) atoms. The van der Waals surface area contributed by atoms with Crippen molar-refractivity contribution in [2.24, 2.45) is 23.5 Å². The van der Waals surface area contributed by atoms with Gasteiger partial charge >= 0.3 is 0 Å². The monoisotopic (exact) mass is 255 g/mol. The highest BCUT2D eigenvalue weighted by Crippen LogP contribution is 2.30. The van der Waals surface area contributed by atoms with Gasteiger partial charge in [-0.25, -0.2) is 0 Å². The summed E-state index contributed by atoms with van der Waals surface area (Å²) >= 11 is 0. The molecule has 2 amide bonds. The van der Waals surface area contributed by atoms with Crippen molar-refractivity contribution >= 4 is 11.8 Å². The molecule has 104 valence electrons. The molecule has 2 atom stereocenters. The summed E-state index contributed by atoms with van der Waals surface area (Å²) in [5.74, 6) is 0.481. The highest BCUT2D eigenvalue weighted by Gasteiger charge is 2.31. The van der Waals surface area contributed by atoms with E-state index < -0.39 is 0 Å². The quantitative estimate of drug-likeness (QED) is 0.595. The van der Waals surface area contributed by atoms with Crippen LogP contribution in [0.4, 0.5) is 0 Å². The van der Waals surface area contributed by atoms with Crippen LogP contribution in [0, 0.1) is 17.8 Å². The van der Waals surface area contributed by atoms with E-state index in [4.69, 9.17) is 5.73 Å². The topological polar surface area (TPSA) is 84.2 Å². The third kappa shape index (κ3) is 4.29. The molecular weight excluding hydrogens is 230 g/mol. The highest BCUT2D eigenvalue weighted by molar-refractivity contribution is 5.79. The Kier molecular flexibility index (Phi) is 6.12. The molecule has 0 aromatic rings. The maximum Gasteiger partial charge on any atom is 0.223 e. The van der Waals surface area contributed by atoms with Crippen molar-refractivity contribution in [3.63, 3.8) is 0 Å². The zero-order valence-corrected chi connectivity index (χ0v) is 11.4. The molecule has 0 spiro atoms. The maximum absolute atomic E-state index is 11.9. The predicted molar refractivity (Wildman–Crippen MR) is 70.7 cm³/mol. The van der Waals surface area contributed by atoms with Crippen molar-refractivity contribution in [1.82, 2.24) is 10.6 Å². The summed E-state index contributed by atoms with van der Waals surface area (Å²) in [5.41, 5.74) is 5.65. The van der Waals surface area contributed by atoms with Crippen LogP contribution in [0.3, 0.4) is 0 Å². The first kappa shape index (κ1) is 15.0. The molecule has 1 rings (SSSR count). The lowest BCUT2D eigenvalue weighted by molar-refractivity contribution is -0.127. The van der Waals surface area contributed by atoms with Crippen molar-refractivity contribution in [2.75, 3.05) is 19.6 Å². The lowest BCUT2D eigenvalue weighted by Crippen LogP contribution is -2.40. The van der Waals surface area contributed by atoms with Gasteiger partial charge in [-0.3, -0.25) is 9.59 Å². The number of carbonyl (C=O) groups excluding carboxylic acids is 2. The molecule has 0 radical (unpaired) electrons. The minimum Gasteiger partial charge on any atom is -0.354 e. The molecule has 1 fully saturated rings. The predicted octanol–water partition coefficient (Wildman–Crippen LogP) is 0.250. The average molecular weight is 255 g/mol. The van der Waals surface area contributed by atoms with Gasteiger partial charge in [-0.15, -0.1) is 0 Å². The second-order valence-corrected chi connectivity index (χ2v) is 5.27. The number of hydrogen-bond donors (Lipinski definition) is 3. The molecule has 4 N–H and O–H groups in total. The van der Waals surface area contributed by atoms with E-state index >= 15 is 0 Å². The summed E-state index contributed by atoms with van der Waals surface area (Å²) in [6.07, 6.45) is 3.08. The number of carbonyl (C=O) groups is 2. The van der Waals surface area contributed by atoms with Crippen LogP contribution in [0.2, 0.25) is 0 Å². The summed E-state index contributed by atoms with van der Waals surface area (Å²) in [4.78, 5) is 23.2. The number of rotatable bonds is 6. The third-order valence-corrected chi connectivity index (χ3v) is 3.55. The smallest absolute Gasteiger partial charge is 0.223 e. The largest absolute Gasteiger partial charge is 0.354 e. The normalized spacial score (nSPS) is 23.1. The fourth-order valence-electron chi connectivity index (χ4n) is 2.37. The third-order valence-electron chi connectivity index (χ3n) is 3.55. The molecule has 0 heterocycles.